The van der Waals surface area contributed by atoms with Gasteiger partial charge in [0.2, 0.25) is 0 Å². The lowest BCUT2D eigenvalue weighted by Crippen LogP contribution is -1.98. The molecule has 3 aromatic carbocycles. The van der Waals surface area contributed by atoms with Crippen LogP contribution >= 0.6 is 23.4 Å². The van der Waals surface area contributed by atoms with Gasteiger partial charge in [0.1, 0.15) is 0 Å². The van der Waals surface area contributed by atoms with Gasteiger partial charge in [-0.15, -0.1) is 0 Å². The van der Waals surface area contributed by atoms with E-state index in [-0.39, 0.29) is 0 Å². The molecule has 0 amide bonds. The minimum absolute atomic E-state index is 0.613. The summed E-state index contributed by atoms with van der Waals surface area (Å²) in [6.45, 7) is 2.72. The summed E-state index contributed by atoms with van der Waals surface area (Å²) < 4.78 is 7.47. The topological polar surface area (TPSA) is 27.1 Å². The second-order valence-electron chi connectivity index (χ2n) is 6.74. The first kappa shape index (κ1) is 19.1. The van der Waals surface area contributed by atoms with Gasteiger partial charge in [0.15, 0.2) is 5.16 Å². The fourth-order valence-electron chi connectivity index (χ4n) is 3.15. The highest BCUT2D eigenvalue weighted by atomic mass is 35.5. The second kappa shape index (κ2) is 8.39. The Morgan fingerprint density at radius 1 is 0.964 bits per heavy atom. The molecule has 0 aliphatic carbocycles. The number of ether oxygens (including phenoxy) is 1. The number of benzene rings is 3. The van der Waals surface area contributed by atoms with E-state index in [1.54, 1.807) is 18.9 Å². The van der Waals surface area contributed by atoms with Gasteiger partial charge >= 0.3 is 0 Å². The van der Waals surface area contributed by atoms with Crippen molar-refractivity contribution in [2.45, 2.75) is 24.4 Å². The molecule has 0 saturated heterocycles. The number of halogens is 1. The third kappa shape index (κ3) is 4.09. The molecule has 0 atom stereocenters. The van der Waals surface area contributed by atoms with Crippen LogP contribution in [0.2, 0.25) is 5.02 Å². The van der Waals surface area contributed by atoms with Crippen molar-refractivity contribution in [1.29, 1.82) is 0 Å². The fourth-order valence-corrected chi connectivity index (χ4v) is 4.26. The van der Waals surface area contributed by atoms with E-state index in [1.165, 1.54) is 11.1 Å². The van der Waals surface area contributed by atoms with Crippen molar-refractivity contribution in [3.63, 3.8) is 0 Å². The molecule has 3 nitrogen and oxygen atoms in total. The summed E-state index contributed by atoms with van der Waals surface area (Å²) >= 11 is 7.74. The molecule has 0 spiro atoms. The zero-order valence-electron chi connectivity index (χ0n) is 15.9. The Kier molecular flexibility index (Phi) is 5.72. The SMILES string of the molecule is COCc1ccc(-n2c(SCc3ccc(Cl)cc3)nc3ccc(C)cc32)cc1. The number of hydrogen-bond acceptors (Lipinski definition) is 3. The molecule has 0 bridgehead atoms. The summed E-state index contributed by atoms with van der Waals surface area (Å²) in [6.07, 6.45) is 0. The summed E-state index contributed by atoms with van der Waals surface area (Å²) in [4.78, 5) is 4.90. The molecule has 1 aromatic heterocycles. The average Bonchev–Trinajstić information content (AvgIpc) is 3.06. The number of methoxy groups -OCH3 is 1. The van der Waals surface area contributed by atoms with Gasteiger partial charge in [0, 0.05) is 23.6 Å². The van der Waals surface area contributed by atoms with E-state index in [0.29, 0.717) is 6.61 Å². The zero-order chi connectivity index (χ0) is 19.5. The molecule has 0 saturated carbocycles. The van der Waals surface area contributed by atoms with Gasteiger partial charge < -0.3 is 4.74 Å². The molecule has 5 heteroatoms. The van der Waals surface area contributed by atoms with E-state index in [1.807, 2.05) is 12.1 Å². The Morgan fingerprint density at radius 3 is 2.39 bits per heavy atom. The Labute approximate surface area is 174 Å². The van der Waals surface area contributed by atoms with Gasteiger partial charge in [-0.3, -0.25) is 4.57 Å². The van der Waals surface area contributed by atoms with Crippen LogP contribution < -0.4 is 0 Å². The van der Waals surface area contributed by atoms with Crippen molar-refractivity contribution in [3.8, 4) is 5.69 Å². The molecule has 1 heterocycles. The van der Waals surface area contributed by atoms with Crippen LogP contribution in [0.1, 0.15) is 16.7 Å². The third-order valence-corrected chi connectivity index (χ3v) is 5.83. The van der Waals surface area contributed by atoms with Crippen molar-refractivity contribution in [2.24, 2.45) is 0 Å². The first-order valence-corrected chi connectivity index (χ1v) is 10.4. The van der Waals surface area contributed by atoms with Crippen molar-refractivity contribution >= 4 is 34.4 Å². The first-order chi connectivity index (χ1) is 13.6. The molecule has 0 N–H and O–H groups in total. The van der Waals surface area contributed by atoms with Crippen LogP contribution in [-0.2, 0) is 17.1 Å². The standard InChI is InChI=1S/C23H21ClN2OS/c1-16-3-12-21-22(13-16)26(20-10-6-17(7-11-20)14-27-2)23(25-21)28-15-18-4-8-19(24)9-5-18/h3-13H,14-15H2,1-2H3. The van der Waals surface area contributed by atoms with Crippen LogP contribution in [0.15, 0.2) is 71.9 Å². The number of nitrogens with zero attached hydrogens (tertiary/aromatic N) is 2. The lowest BCUT2D eigenvalue weighted by molar-refractivity contribution is 0.185. The molecule has 0 unspecified atom stereocenters. The van der Waals surface area contributed by atoms with Gasteiger partial charge in [-0.1, -0.05) is 53.7 Å². The van der Waals surface area contributed by atoms with Crippen molar-refractivity contribution in [2.75, 3.05) is 7.11 Å². The van der Waals surface area contributed by atoms with Crippen LogP contribution in [0.5, 0.6) is 0 Å². The fraction of sp³-hybridized carbons (Fsp3) is 0.174. The van der Waals surface area contributed by atoms with Crippen molar-refractivity contribution in [1.82, 2.24) is 9.55 Å². The van der Waals surface area contributed by atoms with Crippen LogP contribution in [0.25, 0.3) is 16.7 Å². The summed E-state index contributed by atoms with van der Waals surface area (Å²) in [6, 6.07) is 22.8. The van der Waals surface area contributed by atoms with Gasteiger partial charge in [-0.2, -0.15) is 0 Å². The van der Waals surface area contributed by atoms with E-state index in [9.17, 15) is 0 Å². The monoisotopic (exact) mass is 408 g/mol. The third-order valence-electron chi connectivity index (χ3n) is 4.57. The highest BCUT2D eigenvalue weighted by molar-refractivity contribution is 7.98. The predicted octanol–water partition coefficient (Wildman–Crippen LogP) is 6.43. The van der Waals surface area contributed by atoms with Gasteiger partial charge in [-0.05, 0) is 60.0 Å². The van der Waals surface area contributed by atoms with Crippen LogP contribution in [-0.4, -0.2) is 16.7 Å². The van der Waals surface area contributed by atoms with Crippen LogP contribution in [0, 0.1) is 6.92 Å². The lowest BCUT2D eigenvalue weighted by atomic mass is 10.2. The smallest absolute Gasteiger partial charge is 0.174 e. The van der Waals surface area contributed by atoms with Crippen molar-refractivity contribution < 1.29 is 4.74 Å². The number of rotatable bonds is 6. The second-order valence-corrected chi connectivity index (χ2v) is 8.12. The maximum atomic E-state index is 6.01. The molecule has 0 aliphatic rings. The molecule has 4 aromatic rings. The summed E-state index contributed by atoms with van der Waals surface area (Å²) in [5.41, 5.74) is 6.83. The molecule has 142 valence electrons. The predicted molar refractivity (Wildman–Crippen MR) is 118 cm³/mol. The molecule has 0 fully saturated rings. The number of aromatic nitrogens is 2. The Hall–Kier alpha value is -2.27. The largest absolute Gasteiger partial charge is 0.380 e. The molecule has 28 heavy (non-hydrogen) atoms. The van der Waals surface area contributed by atoms with Gasteiger partial charge in [0.05, 0.1) is 17.6 Å². The minimum atomic E-state index is 0.613. The number of aryl methyl sites for hydroxylation is 1. The summed E-state index contributed by atoms with van der Waals surface area (Å²) in [7, 11) is 1.71. The normalized spacial score (nSPS) is 11.2. The molecule has 0 aliphatic heterocycles. The quantitative estimate of drug-likeness (QED) is 0.344. The molecular formula is C23H21ClN2OS. The lowest BCUT2D eigenvalue weighted by Gasteiger charge is -2.10. The molecule has 4 rings (SSSR count). The molecule has 0 radical (unpaired) electrons. The highest BCUT2D eigenvalue weighted by Gasteiger charge is 2.13. The van der Waals surface area contributed by atoms with E-state index in [4.69, 9.17) is 21.3 Å². The number of fused-ring (bicyclic) bond motifs is 1. The zero-order valence-corrected chi connectivity index (χ0v) is 17.4. The number of imidazole rings is 1. The molecular weight excluding hydrogens is 388 g/mol. The minimum Gasteiger partial charge on any atom is -0.380 e. The maximum absolute atomic E-state index is 6.01. The number of thioether (sulfide) groups is 1. The van der Waals surface area contributed by atoms with E-state index >= 15 is 0 Å². The highest BCUT2D eigenvalue weighted by Crippen LogP contribution is 2.31. The van der Waals surface area contributed by atoms with Crippen molar-refractivity contribution in [3.05, 3.63) is 88.4 Å². The Balaban J connectivity index is 1.72. The maximum Gasteiger partial charge on any atom is 0.174 e. The van der Waals surface area contributed by atoms with Gasteiger partial charge in [0.25, 0.3) is 0 Å². The van der Waals surface area contributed by atoms with E-state index in [0.717, 1.165) is 38.2 Å². The van der Waals surface area contributed by atoms with Crippen LogP contribution in [0.3, 0.4) is 0 Å². The number of hydrogen-bond donors (Lipinski definition) is 0. The summed E-state index contributed by atoms with van der Waals surface area (Å²) in [5.74, 6) is 0.835. The average molecular weight is 409 g/mol. The van der Waals surface area contributed by atoms with E-state index in [2.05, 4.69) is 66.1 Å². The van der Waals surface area contributed by atoms with Crippen LogP contribution in [0.4, 0.5) is 0 Å². The van der Waals surface area contributed by atoms with E-state index < -0.39 is 0 Å². The summed E-state index contributed by atoms with van der Waals surface area (Å²) in [5, 5.41) is 1.74. The Morgan fingerprint density at radius 2 is 1.68 bits per heavy atom. The van der Waals surface area contributed by atoms with Gasteiger partial charge in [-0.25, -0.2) is 4.98 Å². The first-order valence-electron chi connectivity index (χ1n) is 9.08. The Bertz CT molecular complexity index is 1090.